The Labute approximate surface area is 126 Å². The minimum Gasteiger partial charge on any atom is -0.508 e. The Morgan fingerprint density at radius 1 is 1.23 bits per heavy atom. The van der Waals surface area contributed by atoms with E-state index < -0.39 is 29.9 Å². The minimum atomic E-state index is -1.08. The van der Waals surface area contributed by atoms with E-state index in [1.54, 1.807) is 6.92 Å². The van der Waals surface area contributed by atoms with Gasteiger partial charge in [-0.15, -0.1) is 0 Å². The van der Waals surface area contributed by atoms with Gasteiger partial charge in [0.15, 0.2) is 11.7 Å². The molecule has 2 aliphatic heterocycles. The second-order valence-corrected chi connectivity index (χ2v) is 6.07. The fourth-order valence-corrected chi connectivity index (χ4v) is 3.51. The first kappa shape index (κ1) is 13.6. The van der Waals surface area contributed by atoms with Gasteiger partial charge in [0.05, 0.1) is 0 Å². The van der Waals surface area contributed by atoms with E-state index in [4.69, 9.17) is 9.47 Å². The van der Waals surface area contributed by atoms with Crippen LogP contribution in [0.25, 0.3) is 0 Å². The number of phenols is 2. The topological polar surface area (TPSA) is 99.5 Å². The van der Waals surface area contributed by atoms with Crippen molar-refractivity contribution in [2.75, 3.05) is 0 Å². The molecular formula is C16H16O6. The molecule has 6 nitrogen and oxygen atoms in total. The Morgan fingerprint density at radius 2 is 1.91 bits per heavy atom. The van der Waals surface area contributed by atoms with Crippen LogP contribution >= 0.6 is 0 Å². The first-order valence-electron chi connectivity index (χ1n) is 7.24. The van der Waals surface area contributed by atoms with Crippen LogP contribution in [-0.2, 0) is 14.3 Å². The summed E-state index contributed by atoms with van der Waals surface area (Å²) >= 11 is 0. The van der Waals surface area contributed by atoms with Crippen molar-refractivity contribution in [1.29, 1.82) is 0 Å². The summed E-state index contributed by atoms with van der Waals surface area (Å²) in [7, 11) is 0. The van der Waals surface area contributed by atoms with Crippen LogP contribution in [0.15, 0.2) is 23.8 Å². The number of esters is 1. The van der Waals surface area contributed by atoms with Gasteiger partial charge in [-0.3, -0.25) is 0 Å². The number of allylic oxidation sites excluding steroid dienone is 1. The number of phenolic OH excluding ortho intramolecular Hbond substituents is 2. The Kier molecular flexibility index (Phi) is 2.62. The zero-order valence-electron chi connectivity index (χ0n) is 11.9. The van der Waals surface area contributed by atoms with E-state index in [0.717, 1.165) is 0 Å². The number of fused-ring (bicyclic) bond motifs is 2. The lowest BCUT2D eigenvalue weighted by Crippen LogP contribution is -2.22. The van der Waals surface area contributed by atoms with E-state index in [1.165, 1.54) is 12.1 Å². The molecule has 2 saturated heterocycles. The first-order chi connectivity index (χ1) is 10.5. The van der Waals surface area contributed by atoms with E-state index >= 15 is 0 Å². The Morgan fingerprint density at radius 3 is 2.59 bits per heavy atom. The third kappa shape index (κ3) is 1.59. The van der Waals surface area contributed by atoms with Crippen LogP contribution in [0.2, 0.25) is 0 Å². The summed E-state index contributed by atoms with van der Waals surface area (Å²) in [6.45, 7) is 1.74. The normalized spacial score (nSPS) is 38.4. The lowest BCUT2D eigenvalue weighted by Gasteiger charge is -2.22. The summed E-state index contributed by atoms with van der Waals surface area (Å²) in [4.78, 5) is 12.1. The smallest absolute Gasteiger partial charge is 0.342 e. The van der Waals surface area contributed by atoms with Crippen LogP contribution in [0.1, 0.15) is 43.1 Å². The standard InChI is InChI=1S/C16H16O6/c1-7-3-2-6-16-14(22-16)13(21-15(16)20)11-9(18)5-4-8(17)10(11)12(7)19/h3-5,12-14,17-19H,2,6H2,1H3/b7-3+/t12-,13-,14-,16-/m0/s1. The average Bonchev–Trinajstić information content (AvgIpc) is 3.15. The summed E-state index contributed by atoms with van der Waals surface area (Å²) in [5.41, 5.74) is 0.0861. The third-order valence-electron chi connectivity index (χ3n) is 4.81. The molecule has 2 heterocycles. The minimum absolute atomic E-state index is 0.135. The number of rotatable bonds is 0. The van der Waals surface area contributed by atoms with Crippen molar-refractivity contribution in [3.63, 3.8) is 0 Å². The molecule has 6 heteroatoms. The van der Waals surface area contributed by atoms with Crippen molar-refractivity contribution in [3.05, 3.63) is 34.9 Å². The second kappa shape index (κ2) is 4.24. The van der Waals surface area contributed by atoms with Crippen molar-refractivity contribution >= 4 is 5.97 Å². The second-order valence-electron chi connectivity index (χ2n) is 6.07. The molecule has 116 valence electrons. The van der Waals surface area contributed by atoms with Crippen LogP contribution in [0.3, 0.4) is 0 Å². The van der Waals surface area contributed by atoms with Crippen LogP contribution < -0.4 is 0 Å². The Balaban J connectivity index is 1.95. The highest BCUT2D eigenvalue weighted by atomic mass is 16.7. The predicted octanol–water partition coefficient (Wildman–Crippen LogP) is 1.61. The predicted molar refractivity (Wildman–Crippen MR) is 74.2 cm³/mol. The van der Waals surface area contributed by atoms with Crippen LogP contribution in [-0.4, -0.2) is 33.0 Å². The van der Waals surface area contributed by atoms with Crippen molar-refractivity contribution in [2.45, 2.75) is 43.7 Å². The molecule has 22 heavy (non-hydrogen) atoms. The quantitative estimate of drug-likeness (QED) is 0.291. The van der Waals surface area contributed by atoms with Crippen molar-refractivity contribution < 1.29 is 29.6 Å². The first-order valence-corrected chi connectivity index (χ1v) is 7.24. The molecule has 0 saturated carbocycles. The highest BCUT2D eigenvalue weighted by Gasteiger charge is 2.73. The molecule has 3 aliphatic rings. The fourth-order valence-electron chi connectivity index (χ4n) is 3.51. The monoisotopic (exact) mass is 304 g/mol. The van der Waals surface area contributed by atoms with Crippen molar-refractivity contribution in [2.24, 2.45) is 0 Å². The van der Waals surface area contributed by atoms with E-state index in [0.29, 0.717) is 18.4 Å². The van der Waals surface area contributed by atoms with Gasteiger partial charge in [0, 0.05) is 11.1 Å². The van der Waals surface area contributed by atoms with Crippen molar-refractivity contribution in [3.8, 4) is 11.5 Å². The lowest BCUT2D eigenvalue weighted by molar-refractivity contribution is -0.154. The molecule has 1 aliphatic carbocycles. The van der Waals surface area contributed by atoms with Crippen LogP contribution in [0, 0.1) is 0 Å². The number of epoxide rings is 1. The molecule has 1 aromatic rings. The number of hydrogen-bond acceptors (Lipinski definition) is 6. The molecule has 4 rings (SSSR count). The van der Waals surface area contributed by atoms with Crippen LogP contribution in [0.5, 0.6) is 11.5 Å². The molecule has 2 fully saturated rings. The number of benzene rings is 1. The molecule has 0 unspecified atom stereocenters. The van der Waals surface area contributed by atoms with Gasteiger partial charge in [-0.25, -0.2) is 4.79 Å². The summed E-state index contributed by atoms with van der Waals surface area (Å²) in [5, 5.41) is 30.9. The zero-order valence-corrected chi connectivity index (χ0v) is 11.9. The van der Waals surface area contributed by atoms with Gasteiger partial charge < -0.3 is 24.8 Å². The highest BCUT2D eigenvalue weighted by Crippen LogP contribution is 2.58. The van der Waals surface area contributed by atoms with Gasteiger partial charge >= 0.3 is 5.97 Å². The number of hydrogen-bond donors (Lipinski definition) is 3. The molecule has 0 spiro atoms. The van der Waals surface area contributed by atoms with Gasteiger partial charge in [-0.05, 0) is 37.5 Å². The molecule has 0 aromatic heterocycles. The maximum Gasteiger partial charge on any atom is 0.342 e. The molecule has 0 amide bonds. The van der Waals surface area contributed by atoms with Gasteiger partial charge in [0.2, 0.25) is 0 Å². The molecule has 1 aromatic carbocycles. The zero-order chi connectivity index (χ0) is 15.6. The molecule has 0 radical (unpaired) electrons. The maximum absolute atomic E-state index is 12.1. The summed E-state index contributed by atoms with van der Waals surface area (Å²) in [6, 6.07) is 2.64. The molecule has 4 atom stereocenters. The highest BCUT2D eigenvalue weighted by molar-refractivity contribution is 5.87. The van der Waals surface area contributed by atoms with E-state index in [-0.39, 0.29) is 22.6 Å². The van der Waals surface area contributed by atoms with Crippen LogP contribution in [0.4, 0.5) is 0 Å². The van der Waals surface area contributed by atoms with Crippen molar-refractivity contribution in [1.82, 2.24) is 0 Å². The van der Waals surface area contributed by atoms with Gasteiger partial charge in [0.25, 0.3) is 0 Å². The summed E-state index contributed by atoms with van der Waals surface area (Å²) < 4.78 is 11.0. The van der Waals surface area contributed by atoms with E-state index in [1.807, 2.05) is 6.08 Å². The molecule has 2 bridgehead atoms. The van der Waals surface area contributed by atoms with Gasteiger partial charge in [-0.2, -0.15) is 0 Å². The molecule has 3 N–H and O–H groups in total. The SMILES string of the molecule is C/C1=C\CC[C@]23O[C@H]2[C@@H](OC3=O)c2c(O)ccc(O)c2[C@H]1O. The summed E-state index contributed by atoms with van der Waals surface area (Å²) in [6.07, 6.45) is 0.493. The lowest BCUT2D eigenvalue weighted by atomic mass is 9.87. The number of carbonyl (C=O) groups excluding carboxylic acids is 1. The fraction of sp³-hybridized carbons (Fsp3) is 0.438. The third-order valence-corrected chi connectivity index (χ3v) is 4.81. The number of aliphatic hydroxyl groups excluding tert-OH is 1. The van der Waals surface area contributed by atoms with E-state index in [2.05, 4.69) is 0 Å². The van der Waals surface area contributed by atoms with Gasteiger partial charge in [-0.1, -0.05) is 6.08 Å². The number of carbonyl (C=O) groups is 1. The number of ether oxygens (including phenoxy) is 2. The Hall–Kier alpha value is -2.05. The van der Waals surface area contributed by atoms with Gasteiger partial charge in [0.1, 0.15) is 23.7 Å². The summed E-state index contributed by atoms with van der Waals surface area (Å²) in [5.74, 6) is -0.731. The average molecular weight is 304 g/mol. The van der Waals surface area contributed by atoms with E-state index in [9.17, 15) is 20.1 Å². The Bertz CT molecular complexity index is 709. The number of aliphatic hydroxyl groups is 1. The number of aromatic hydroxyl groups is 2. The largest absolute Gasteiger partial charge is 0.508 e. The molecular weight excluding hydrogens is 288 g/mol. The maximum atomic E-state index is 12.1.